The molecule has 0 aliphatic carbocycles. The highest BCUT2D eigenvalue weighted by molar-refractivity contribution is 7.98. The van der Waals surface area contributed by atoms with Crippen molar-refractivity contribution in [3.8, 4) is 11.1 Å². The maximum absolute atomic E-state index is 12.8. The highest BCUT2D eigenvalue weighted by atomic mass is 32.2. The number of carbonyl (C=O) groups excluding carboxylic acids is 1. The largest absolute Gasteiger partial charge is 0.461 e. The lowest BCUT2D eigenvalue weighted by Gasteiger charge is -2.13. The fourth-order valence-electron chi connectivity index (χ4n) is 3.77. The molecule has 1 heterocycles. The predicted molar refractivity (Wildman–Crippen MR) is 136 cm³/mol. The van der Waals surface area contributed by atoms with Gasteiger partial charge in [0.2, 0.25) is 10.0 Å². The molecular formula is C25H31N3O4S2. The second kappa shape index (κ2) is 11.2. The first-order valence-corrected chi connectivity index (χ1v) is 14.0. The first-order chi connectivity index (χ1) is 16.2. The summed E-state index contributed by atoms with van der Waals surface area (Å²) in [5.41, 5.74) is 4.13. The summed E-state index contributed by atoms with van der Waals surface area (Å²) in [7, 11) is -3.79. The van der Waals surface area contributed by atoms with E-state index in [0.29, 0.717) is 23.9 Å². The molecule has 0 radical (unpaired) electrons. The molecule has 3 rings (SSSR count). The van der Waals surface area contributed by atoms with Gasteiger partial charge < -0.3 is 9.30 Å². The first-order valence-electron chi connectivity index (χ1n) is 11.2. The van der Waals surface area contributed by atoms with Gasteiger partial charge in [-0.05, 0) is 60.9 Å². The molecule has 34 heavy (non-hydrogen) atoms. The van der Waals surface area contributed by atoms with Gasteiger partial charge in [0.05, 0.1) is 11.5 Å². The molecule has 2 aromatic carbocycles. The van der Waals surface area contributed by atoms with E-state index in [-0.39, 0.29) is 10.9 Å². The number of thioether (sulfide) groups is 1. The van der Waals surface area contributed by atoms with Gasteiger partial charge in [-0.15, -0.1) is 11.8 Å². The summed E-state index contributed by atoms with van der Waals surface area (Å²) in [6.07, 6.45) is 4.69. The standard InChI is InChI=1S/C25H31N3O4S2/c1-5-7-8-22-27-24(33-4)23(25(29)32-6-2)28(22)16-18-10-12-19(13-11-18)21-15-20(34(26,30)31)14-9-17(21)3/h9-15H,5-8,16H2,1-4H3,(H2,26,30,31). The van der Waals surface area contributed by atoms with Gasteiger partial charge in [0.1, 0.15) is 10.9 Å². The molecule has 0 aliphatic heterocycles. The fourth-order valence-corrected chi connectivity index (χ4v) is 4.90. The lowest BCUT2D eigenvalue weighted by molar-refractivity contribution is 0.0509. The number of carbonyl (C=O) groups is 1. The Kier molecular flexibility index (Phi) is 8.57. The number of primary sulfonamides is 1. The molecule has 0 fully saturated rings. The van der Waals surface area contributed by atoms with E-state index in [1.54, 1.807) is 19.1 Å². The zero-order chi connectivity index (χ0) is 24.9. The van der Waals surface area contributed by atoms with Crippen LogP contribution in [0.5, 0.6) is 0 Å². The Bertz CT molecular complexity index is 1270. The number of sulfonamides is 1. The van der Waals surface area contributed by atoms with E-state index in [4.69, 9.17) is 14.9 Å². The lowest BCUT2D eigenvalue weighted by atomic mass is 9.99. The zero-order valence-corrected chi connectivity index (χ0v) is 21.6. The van der Waals surface area contributed by atoms with Gasteiger partial charge in [0, 0.05) is 13.0 Å². The highest BCUT2D eigenvalue weighted by Gasteiger charge is 2.24. The van der Waals surface area contributed by atoms with Crippen molar-refractivity contribution < 1.29 is 17.9 Å². The second-order valence-corrected chi connectivity index (χ2v) is 10.4. The van der Waals surface area contributed by atoms with E-state index in [2.05, 4.69) is 6.92 Å². The molecule has 0 amide bonds. The van der Waals surface area contributed by atoms with Crippen molar-refractivity contribution in [1.29, 1.82) is 0 Å². The SMILES string of the molecule is CCCCc1nc(SC)c(C(=O)OCC)n1Cc1ccc(-c2cc(S(N)(=O)=O)ccc2C)cc1. The number of hydrogen-bond acceptors (Lipinski definition) is 6. The average Bonchev–Trinajstić information content (AvgIpc) is 3.15. The van der Waals surface area contributed by atoms with Crippen molar-refractivity contribution in [1.82, 2.24) is 9.55 Å². The molecule has 7 nitrogen and oxygen atoms in total. The van der Waals surface area contributed by atoms with Gasteiger partial charge >= 0.3 is 5.97 Å². The summed E-state index contributed by atoms with van der Waals surface area (Å²) in [4.78, 5) is 17.6. The molecular weight excluding hydrogens is 470 g/mol. The Labute approximate surface area is 205 Å². The Morgan fingerprint density at radius 2 is 1.85 bits per heavy atom. The van der Waals surface area contributed by atoms with Crippen LogP contribution in [0.1, 0.15) is 54.1 Å². The summed E-state index contributed by atoms with van der Waals surface area (Å²) in [6, 6.07) is 12.7. The molecule has 0 spiro atoms. The van der Waals surface area contributed by atoms with Gasteiger partial charge in [0.25, 0.3) is 0 Å². The third-order valence-electron chi connectivity index (χ3n) is 5.57. The van der Waals surface area contributed by atoms with Crippen LogP contribution in [-0.4, -0.2) is 36.8 Å². The van der Waals surface area contributed by atoms with Crippen LogP contribution >= 0.6 is 11.8 Å². The van der Waals surface area contributed by atoms with E-state index in [0.717, 1.165) is 47.3 Å². The quantitative estimate of drug-likeness (QED) is 0.316. The summed E-state index contributed by atoms with van der Waals surface area (Å²) < 4.78 is 30.8. The number of ether oxygens (including phenoxy) is 1. The van der Waals surface area contributed by atoms with Crippen molar-refractivity contribution in [2.24, 2.45) is 5.14 Å². The van der Waals surface area contributed by atoms with Gasteiger partial charge in [0.15, 0.2) is 5.69 Å². The lowest BCUT2D eigenvalue weighted by Crippen LogP contribution is -2.16. The zero-order valence-electron chi connectivity index (χ0n) is 20.0. The number of imidazole rings is 1. The Morgan fingerprint density at radius 1 is 1.15 bits per heavy atom. The van der Waals surface area contributed by atoms with Crippen LogP contribution in [0, 0.1) is 6.92 Å². The Balaban J connectivity index is 1.98. The number of nitrogens with zero attached hydrogens (tertiary/aromatic N) is 2. The number of esters is 1. The van der Waals surface area contributed by atoms with E-state index in [1.807, 2.05) is 42.0 Å². The number of rotatable bonds is 10. The van der Waals surface area contributed by atoms with Crippen LogP contribution < -0.4 is 5.14 Å². The topological polar surface area (TPSA) is 104 Å². The van der Waals surface area contributed by atoms with Gasteiger partial charge in [-0.25, -0.2) is 23.3 Å². The maximum Gasteiger partial charge on any atom is 0.357 e. The third kappa shape index (κ3) is 5.89. The van der Waals surface area contributed by atoms with Gasteiger partial charge in [-0.2, -0.15) is 0 Å². The van der Waals surface area contributed by atoms with E-state index >= 15 is 0 Å². The minimum absolute atomic E-state index is 0.0832. The van der Waals surface area contributed by atoms with Crippen molar-refractivity contribution in [2.45, 2.75) is 56.5 Å². The van der Waals surface area contributed by atoms with Crippen LogP contribution in [0.15, 0.2) is 52.4 Å². The van der Waals surface area contributed by atoms with Crippen LogP contribution in [0.25, 0.3) is 11.1 Å². The molecule has 3 aromatic rings. The summed E-state index contributed by atoms with van der Waals surface area (Å²) in [5, 5.41) is 5.99. The minimum Gasteiger partial charge on any atom is -0.461 e. The second-order valence-electron chi connectivity index (χ2n) is 8.01. The van der Waals surface area contributed by atoms with Gasteiger partial charge in [-0.1, -0.05) is 43.7 Å². The maximum atomic E-state index is 12.8. The van der Waals surface area contributed by atoms with Crippen LogP contribution in [0.4, 0.5) is 0 Å². The van der Waals surface area contributed by atoms with Crippen molar-refractivity contribution in [3.63, 3.8) is 0 Å². The molecule has 2 N–H and O–H groups in total. The highest BCUT2D eigenvalue weighted by Crippen LogP contribution is 2.28. The number of nitrogens with two attached hydrogens (primary N) is 1. The van der Waals surface area contributed by atoms with Crippen molar-refractivity contribution >= 4 is 27.8 Å². The monoisotopic (exact) mass is 501 g/mol. The molecule has 1 aromatic heterocycles. The molecule has 0 atom stereocenters. The molecule has 0 saturated carbocycles. The fraction of sp³-hybridized carbons (Fsp3) is 0.360. The number of benzene rings is 2. The smallest absolute Gasteiger partial charge is 0.357 e. The third-order valence-corrected chi connectivity index (χ3v) is 7.16. The van der Waals surface area contributed by atoms with Crippen molar-refractivity contribution in [2.75, 3.05) is 12.9 Å². The molecule has 0 unspecified atom stereocenters. The van der Waals surface area contributed by atoms with Crippen molar-refractivity contribution in [3.05, 3.63) is 65.1 Å². The molecule has 182 valence electrons. The molecule has 0 saturated heterocycles. The molecule has 0 aliphatic rings. The number of aryl methyl sites for hydroxylation is 2. The predicted octanol–water partition coefficient (Wildman–Crippen LogP) is 4.80. The van der Waals surface area contributed by atoms with Crippen LogP contribution in [0.2, 0.25) is 0 Å². The first kappa shape index (κ1) is 26.0. The molecule has 9 heteroatoms. The summed E-state index contributed by atoms with van der Waals surface area (Å²) in [5.74, 6) is 0.504. The van der Waals surface area contributed by atoms with Crippen LogP contribution in [0.3, 0.4) is 0 Å². The Morgan fingerprint density at radius 3 is 2.44 bits per heavy atom. The van der Waals surface area contributed by atoms with E-state index in [9.17, 15) is 13.2 Å². The Hall–Kier alpha value is -2.62. The average molecular weight is 502 g/mol. The summed E-state index contributed by atoms with van der Waals surface area (Å²) in [6.45, 7) is 6.63. The van der Waals surface area contributed by atoms with Gasteiger partial charge in [-0.3, -0.25) is 0 Å². The summed E-state index contributed by atoms with van der Waals surface area (Å²) >= 11 is 1.44. The number of unbranched alkanes of at least 4 members (excludes halogenated alkanes) is 1. The normalized spacial score (nSPS) is 11.6. The van der Waals surface area contributed by atoms with E-state index in [1.165, 1.54) is 17.8 Å². The minimum atomic E-state index is -3.79. The van der Waals surface area contributed by atoms with E-state index < -0.39 is 10.0 Å². The number of aromatic nitrogens is 2. The van der Waals surface area contributed by atoms with Crippen LogP contribution in [-0.2, 0) is 27.7 Å². The number of hydrogen-bond donors (Lipinski definition) is 1. The molecule has 0 bridgehead atoms.